The Labute approximate surface area is 168 Å². The molecule has 1 aliphatic rings. The van der Waals surface area contributed by atoms with Gasteiger partial charge in [-0.2, -0.15) is 0 Å². The zero-order chi connectivity index (χ0) is 20.1. The maximum atomic E-state index is 12.5. The van der Waals surface area contributed by atoms with E-state index in [1.54, 1.807) is 6.08 Å². The quantitative estimate of drug-likeness (QED) is 0.759. The van der Waals surface area contributed by atoms with Gasteiger partial charge in [-0.1, -0.05) is 48.5 Å². The molecule has 5 nitrogen and oxygen atoms in total. The van der Waals surface area contributed by atoms with E-state index in [-0.39, 0.29) is 36.6 Å². The van der Waals surface area contributed by atoms with E-state index >= 15 is 0 Å². The Morgan fingerprint density at radius 3 is 2.54 bits per heavy atom. The summed E-state index contributed by atoms with van der Waals surface area (Å²) < 4.78 is 0. The molecular formula is C22H22N2O3S. The molecule has 28 heavy (non-hydrogen) atoms. The van der Waals surface area contributed by atoms with Gasteiger partial charge >= 0.3 is 0 Å². The van der Waals surface area contributed by atoms with Gasteiger partial charge in [-0.05, 0) is 53.9 Å². The maximum Gasteiger partial charge on any atom is 0.293 e. The zero-order valence-electron chi connectivity index (χ0n) is 15.9. The number of amides is 3. The van der Waals surface area contributed by atoms with Crippen molar-refractivity contribution in [1.82, 2.24) is 10.2 Å². The van der Waals surface area contributed by atoms with Crippen LogP contribution in [0.1, 0.15) is 22.3 Å². The number of hydrogen-bond acceptors (Lipinski definition) is 4. The van der Waals surface area contributed by atoms with Crippen molar-refractivity contribution in [1.29, 1.82) is 0 Å². The molecule has 0 atom stereocenters. The summed E-state index contributed by atoms with van der Waals surface area (Å²) in [6, 6.07) is 15.3. The number of rotatable bonds is 6. The molecule has 0 aliphatic carbocycles. The number of carbonyl (C=O) groups is 3. The van der Waals surface area contributed by atoms with Crippen LogP contribution in [0.5, 0.6) is 0 Å². The SMILES string of the molecule is Cc1ccc(CC(=O)NCCN2C(=O)SC(=Cc3ccccc3)C2=O)cc1C. The average molecular weight is 394 g/mol. The van der Waals surface area contributed by atoms with Crippen molar-refractivity contribution in [3.63, 3.8) is 0 Å². The molecule has 0 saturated carbocycles. The molecule has 1 N–H and O–H groups in total. The van der Waals surface area contributed by atoms with Crippen LogP contribution < -0.4 is 5.32 Å². The zero-order valence-corrected chi connectivity index (χ0v) is 16.7. The molecule has 2 aromatic rings. The van der Waals surface area contributed by atoms with E-state index in [4.69, 9.17) is 0 Å². The fourth-order valence-electron chi connectivity index (χ4n) is 2.86. The predicted molar refractivity (Wildman–Crippen MR) is 112 cm³/mol. The van der Waals surface area contributed by atoms with Crippen molar-refractivity contribution >= 4 is 34.9 Å². The molecule has 0 unspecified atom stereocenters. The lowest BCUT2D eigenvalue weighted by Crippen LogP contribution is -2.37. The second-order valence-electron chi connectivity index (χ2n) is 6.69. The van der Waals surface area contributed by atoms with Crippen LogP contribution in [0.2, 0.25) is 0 Å². The number of benzene rings is 2. The highest BCUT2D eigenvalue weighted by Crippen LogP contribution is 2.31. The summed E-state index contributed by atoms with van der Waals surface area (Å²) >= 11 is 0.927. The summed E-state index contributed by atoms with van der Waals surface area (Å²) in [5.74, 6) is -0.447. The number of imide groups is 1. The number of nitrogens with zero attached hydrogens (tertiary/aromatic N) is 1. The number of hydrogen-bond donors (Lipinski definition) is 1. The van der Waals surface area contributed by atoms with E-state index in [9.17, 15) is 14.4 Å². The molecule has 3 amide bonds. The summed E-state index contributed by atoms with van der Waals surface area (Å²) in [4.78, 5) is 38.3. The molecule has 0 spiro atoms. The molecule has 0 bridgehead atoms. The van der Waals surface area contributed by atoms with Gasteiger partial charge in [-0.15, -0.1) is 0 Å². The fraction of sp³-hybridized carbons (Fsp3) is 0.227. The average Bonchev–Trinajstić information content (AvgIpc) is 2.93. The Morgan fingerprint density at radius 1 is 1.07 bits per heavy atom. The minimum Gasteiger partial charge on any atom is -0.354 e. The lowest BCUT2D eigenvalue weighted by Gasteiger charge is -2.13. The normalized spacial score (nSPS) is 15.4. The standard InChI is InChI=1S/C22H22N2O3S/c1-15-8-9-18(12-16(15)2)14-20(25)23-10-11-24-21(26)19(28-22(24)27)13-17-6-4-3-5-7-17/h3-9,12-13H,10-11,14H2,1-2H3,(H,23,25). The first-order valence-corrected chi connectivity index (χ1v) is 9.89. The molecule has 1 heterocycles. The fourth-order valence-corrected chi connectivity index (χ4v) is 3.73. The Morgan fingerprint density at radius 2 is 1.82 bits per heavy atom. The second-order valence-corrected chi connectivity index (χ2v) is 7.68. The largest absolute Gasteiger partial charge is 0.354 e. The van der Waals surface area contributed by atoms with Gasteiger partial charge in [0.25, 0.3) is 11.1 Å². The minimum atomic E-state index is -0.317. The van der Waals surface area contributed by atoms with Gasteiger partial charge in [0.1, 0.15) is 0 Å². The second kappa shape index (κ2) is 8.89. The van der Waals surface area contributed by atoms with Crippen molar-refractivity contribution in [2.75, 3.05) is 13.1 Å². The topological polar surface area (TPSA) is 66.5 Å². The van der Waals surface area contributed by atoms with Crippen LogP contribution in [0.3, 0.4) is 0 Å². The van der Waals surface area contributed by atoms with Gasteiger partial charge in [0.15, 0.2) is 0 Å². The molecule has 0 aromatic heterocycles. The van der Waals surface area contributed by atoms with E-state index in [0.29, 0.717) is 4.91 Å². The first kappa shape index (κ1) is 19.9. The minimum absolute atomic E-state index is 0.130. The lowest BCUT2D eigenvalue weighted by molar-refractivity contribution is -0.124. The Kier molecular flexibility index (Phi) is 6.31. The summed E-state index contributed by atoms with van der Waals surface area (Å²) in [5.41, 5.74) is 4.15. The van der Waals surface area contributed by atoms with Gasteiger partial charge in [0.2, 0.25) is 5.91 Å². The molecule has 0 radical (unpaired) electrons. The van der Waals surface area contributed by atoms with Crippen LogP contribution >= 0.6 is 11.8 Å². The monoisotopic (exact) mass is 394 g/mol. The highest BCUT2D eigenvalue weighted by Gasteiger charge is 2.34. The highest BCUT2D eigenvalue weighted by molar-refractivity contribution is 8.18. The van der Waals surface area contributed by atoms with Crippen molar-refractivity contribution in [2.24, 2.45) is 0 Å². The number of thioether (sulfide) groups is 1. The van der Waals surface area contributed by atoms with Crippen molar-refractivity contribution in [3.05, 3.63) is 75.7 Å². The number of aryl methyl sites for hydroxylation is 2. The van der Waals surface area contributed by atoms with Gasteiger partial charge in [-0.25, -0.2) is 0 Å². The van der Waals surface area contributed by atoms with Crippen LogP contribution in [0.4, 0.5) is 4.79 Å². The van der Waals surface area contributed by atoms with Gasteiger partial charge in [0, 0.05) is 13.1 Å². The molecule has 1 saturated heterocycles. The van der Waals surface area contributed by atoms with E-state index in [1.165, 1.54) is 10.5 Å². The van der Waals surface area contributed by atoms with Crippen LogP contribution in [-0.2, 0) is 16.0 Å². The Bertz CT molecular complexity index is 938. The third kappa shape index (κ3) is 4.89. The van der Waals surface area contributed by atoms with Crippen molar-refractivity contribution in [3.8, 4) is 0 Å². The van der Waals surface area contributed by atoms with E-state index < -0.39 is 0 Å². The number of nitrogens with one attached hydrogen (secondary N) is 1. The summed E-state index contributed by atoms with van der Waals surface area (Å²) in [5, 5.41) is 2.47. The summed E-state index contributed by atoms with van der Waals surface area (Å²) in [6.45, 7) is 4.44. The maximum absolute atomic E-state index is 12.5. The van der Waals surface area contributed by atoms with Gasteiger partial charge in [-0.3, -0.25) is 19.3 Å². The van der Waals surface area contributed by atoms with E-state index in [0.717, 1.165) is 28.5 Å². The van der Waals surface area contributed by atoms with Crippen LogP contribution in [0.15, 0.2) is 53.4 Å². The van der Waals surface area contributed by atoms with Crippen LogP contribution in [-0.4, -0.2) is 35.0 Å². The molecule has 3 rings (SSSR count). The van der Waals surface area contributed by atoms with Crippen LogP contribution in [0, 0.1) is 13.8 Å². The van der Waals surface area contributed by atoms with Gasteiger partial charge in [0.05, 0.1) is 11.3 Å². The highest BCUT2D eigenvalue weighted by atomic mass is 32.2. The van der Waals surface area contributed by atoms with E-state index in [1.807, 2.05) is 62.4 Å². The first-order valence-electron chi connectivity index (χ1n) is 9.07. The third-order valence-corrected chi connectivity index (χ3v) is 5.47. The van der Waals surface area contributed by atoms with Crippen LogP contribution in [0.25, 0.3) is 6.08 Å². The Hall–Kier alpha value is -2.86. The molecule has 1 aliphatic heterocycles. The number of carbonyl (C=O) groups excluding carboxylic acids is 3. The predicted octanol–water partition coefficient (Wildman–Crippen LogP) is 3.70. The first-order chi connectivity index (χ1) is 13.4. The summed E-state index contributed by atoms with van der Waals surface area (Å²) in [7, 11) is 0. The molecule has 6 heteroatoms. The Balaban J connectivity index is 1.52. The molecule has 2 aromatic carbocycles. The van der Waals surface area contributed by atoms with Crippen molar-refractivity contribution in [2.45, 2.75) is 20.3 Å². The molecule has 1 fully saturated rings. The lowest BCUT2D eigenvalue weighted by atomic mass is 10.0. The van der Waals surface area contributed by atoms with Gasteiger partial charge < -0.3 is 5.32 Å². The molecule has 144 valence electrons. The molecular weight excluding hydrogens is 372 g/mol. The summed E-state index contributed by atoms with van der Waals surface area (Å²) in [6.07, 6.45) is 1.99. The van der Waals surface area contributed by atoms with E-state index in [2.05, 4.69) is 5.32 Å². The van der Waals surface area contributed by atoms with Crippen molar-refractivity contribution < 1.29 is 14.4 Å². The third-order valence-electron chi connectivity index (χ3n) is 4.56. The smallest absolute Gasteiger partial charge is 0.293 e.